The highest BCUT2D eigenvalue weighted by atomic mass is 35.5. The van der Waals surface area contributed by atoms with E-state index in [-0.39, 0.29) is 31.0 Å². The molecule has 0 saturated heterocycles. The Morgan fingerprint density at radius 1 is 1.09 bits per heavy atom. The molecule has 1 unspecified atom stereocenters. The van der Waals surface area contributed by atoms with Crippen molar-refractivity contribution in [3.8, 4) is 5.75 Å². The molecule has 1 atom stereocenters. The summed E-state index contributed by atoms with van der Waals surface area (Å²) in [7, 11) is 0. The van der Waals surface area contributed by atoms with Gasteiger partial charge in [-0.15, -0.1) is 0 Å². The summed E-state index contributed by atoms with van der Waals surface area (Å²) in [5.41, 5.74) is 0.596. The Kier molecular flexibility index (Phi) is 9.09. The quantitative estimate of drug-likeness (QED) is 0.470. The van der Waals surface area contributed by atoms with Gasteiger partial charge in [-0.2, -0.15) is 0 Å². The third kappa shape index (κ3) is 6.53. The maximum atomic E-state index is 13.3. The minimum Gasteiger partial charge on any atom is -0.484 e. The smallest absolute Gasteiger partial charge is 0.261 e. The van der Waals surface area contributed by atoms with E-state index in [1.54, 1.807) is 42.5 Å². The average molecular weight is 498 g/mol. The number of nitrogens with one attached hydrogen (secondary N) is 1. The summed E-state index contributed by atoms with van der Waals surface area (Å²) in [6.45, 7) is 1.74. The van der Waals surface area contributed by atoms with E-state index < -0.39 is 6.04 Å². The fourth-order valence-electron chi connectivity index (χ4n) is 3.93. The van der Waals surface area contributed by atoms with Crippen LogP contribution < -0.4 is 10.1 Å². The second-order valence-electron chi connectivity index (χ2n) is 7.88. The van der Waals surface area contributed by atoms with Crippen molar-refractivity contribution in [1.29, 1.82) is 0 Å². The molecule has 1 fully saturated rings. The third-order valence-corrected chi connectivity index (χ3v) is 6.58. The number of ether oxygens (including phenoxy) is 1. The minimum atomic E-state index is -0.668. The highest BCUT2D eigenvalue weighted by molar-refractivity contribution is 6.36. The molecule has 5 nitrogen and oxygen atoms in total. The van der Waals surface area contributed by atoms with Crippen molar-refractivity contribution in [2.24, 2.45) is 0 Å². The number of benzene rings is 2. The van der Waals surface area contributed by atoms with Crippen molar-refractivity contribution in [1.82, 2.24) is 10.2 Å². The number of halogens is 3. The van der Waals surface area contributed by atoms with Crippen LogP contribution in [0.25, 0.3) is 0 Å². The van der Waals surface area contributed by atoms with Crippen LogP contribution in [0.2, 0.25) is 15.1 Å². The number of hydrogen-bond acceptors (Lipinski definition) is 3. The molecule has 0 spiro atoms. The van der Waals surface area contributed by atoms with Gasteiger partial charge in [0.2, 0.25) is 5.91 Å². The first-order chi connectivity index (χ1) is 15.4. The molecule has 2 aromatic carbocycles. The molecule has 2 amide bonds. The van der Waals surface area contributed by atoms with E-state index in [2.05, 4.69) is 5.32 Å². The van der Waals surface area contributed by atoms with Gasteiger partial charge < -0.3 is 15.0 Å². The Hall–Kier alpha value is -1.95. The summed E-state index contributed by atoms with van der Waals surface area (Å²) in [6.07, 6.45) is 4.58. The Balaban J connectivity index is 1.81. The van der Waals surface area contributed by atoms with Crippen molar-refractivity contribution < 1.29 is 14.3 Å². The normalized spacial score (nSPS) is 14.8. The maximum absolute atomic E-state index is 13.3. The number of hydrogen-bond donors (Lipinski definition) is 1. The van der Waals surface area contributed by atoms with Crippen LogP contribution in [-0.2, 0) is 16.1 Å². The van der Waals surface area contributed by atoms with E-state index >= 15 is 0 Å². The maximum Gasteiger partial charge on any atom is 0.261 e. The van der Waals surface area contributed by atoms with Gasteiger partial charge in [0.1, 0.15) is 11.8 Å². The molecular weight excluding hydrogens is 471 g/mol. The molecule has 172 valence electrons. The summed E-state index contributed by atoms with van der Waals surface area (Å²) in [5, 5.41) is 4.50. The molecule has 0 aliphatic heterocycles. The molecule has 8 heteroatoms. The summed E-state index contributed by atoms with van der Waals surface area (Å²) >= 11 is 18.7. The molecule has 0 heterocycles. The van der Waals surface area contributed by atoms with Crippen LogP contribution in [0.5, 0.6) is 5.75 Å². The second kappa shape index (κ2) is 11.8. The fourth-order valence-corrected chi connectivity index (χ4v) is 4.62. The van der Waals surface area contributed by atoms with Crippen molar-refractivity contribution in [3.05, 3.63) is 63.1 Å². The average Bonchev–Trinajstić information content (AvgIpc) is 3.27. The number of rotatable bonds is 9. The van der Waals surface area contributed by atoms with Gasteiger partial charge >= 0.3 is 0 Å². The lowest BCUT2D eigenvalue weighted by atomic mass is 10.1. The van der Waals surface area contributed by atoms with E-state index in [0.717, 1.165) is 25.7 Å². The number of carbonyl (C=O) groups is 2. The molecule has 1 aliphatic carbocycles. The van der Waals surface area contributed by atoms with Gasteiger partial charge in [-0.05, 0) is 49.6 Å². The first kappa shape index (κ1) is 24.7. The molecule has 3 rings (SSSR count). The van der Waals surface area contributed by atoms with Gasteiger partial charge in [0, 0.05) is 33.2 Å². The zero-order valence-corrected chi connectivity index (χ0v) is 20.2. The SMILES string of the molecule is CCC(C(=O)NC1CCCC1)N(Cc1c(Cl)cccc1Cl)C(=O)COc1cccc(Cl)c1. The lowest BCUT2D eigenvalue weighted by molar-refractivity contribution is -0.143. The molecule has 32 heavy (non-hydrogen) atoms. The number of amides is 2. The summed E-state index contributed by atoms with van der Waals surface area (Å²) in [4.78, 5) is 27.9. The van der Waals surface area contributed by atoms with Crippen molar-refractivity contribution in [2.75, 3.05) is 6.61 Å². The van der Waals surface area contributed by atoms with Crippen LogP contribution in [0.4, 0.5) is 0 Å². The zero-order chi connectivity index (χ0) is 23.1. The van der Waals surface area contributed by atoms with Crippen molar-refractivity contribution in [2.45, 2.75) is 57.7 Å². The van der Waals surface area contributed by atoms with E-state index in [9.17, 15) is 9.59 Å². The molecule has 1 aliphatic rings. The van der Waals surface area contributed by atoms with E-state index in [1.807, 2.05) is 6.92 Å². The summed E-state index contributed by atoms with van der Waals surface area (Å²) < 4.78 is 5.66. The molecule has 1 N–H and O–H groups in total. The Morgan fingerprint density at radius 2 is 1.75 bits per heavy atom. The van der Waals surface area contributed by atoms with Crippen molar-refractivity contribution in [3.63, 3.8) is 0 Å². The van der Waals surface area contributed by atoms with Gasteiger partial charge in [0.25, 0.3) is 5.91 Å². The predicted molar refractivity (Wildman–Crippen MR) is 128 cm³/mol. The molecule has 0 radical (unpaired) electrons. The van der Waals surface area contributed by atoms with E-state index in [0.29, 0.717) is 32.8 Å². The Bertz CT molecular complexity index is 928. The van der Waals surface area contributed by atoms with Crippen LogP contribution in [0, 0.1) is 0 Å². The van der Waals surface area contributed by atoms with E-state index in [1.165, 1.54) is 4.90 Å². The topological polar surface area (TPSA) is 58.6 Å². The zero-order valence-electron chi connectivity index (χ0n) is 18.0. The highest BCUT2D eigenvalue weighted by Crippen LogP contribution is 2.27. The summed E-state index contributed by atoms with van der Waals surface area (Å²) in [6, 6.07) is 11.5. The minimum absolute atomic E-state index is 0.104. The van der Waals surface area contributed by atoms with Gasteiger partial charge in [0.05, 0.1) is 0 Å². The number of nitrogens with zero attached hydrogens (tertiary/aromatic N) is 1. The second-order valence-corrected chi connectivity index (χ2v) is 9.13. The first-order valence-corrected chi connectivity index (χ1v) is 11.9. The molecular formula is C24H27Cl3N2O3. The Morgan fingerprint density at radius 3 is 2.38 bits per heavy atom. The fraction of sp³-hybridized carbons (Fsp3) is 0.417. The lowest BCUT2D eigenvalue weighted by Crippen LogP contribution is -2.52. The van der Waals surface area contributed by atoms with Crippen LogP contribution in [0.1, 0.15) is 44.6 Å². The van der Waals surface area contributed by atoms with Gasteiger partial charge in [0.15, 0.2) is 6.61 Å². The van der Waals surface area contributed by atoms with Gasteiger partial charge in [-0.1, -0.05) is 66.7 Å². The Labute approximate surface area is 204 Å². The van der Waals surface area contributed by atoms with Gasteiger partial charge in [-0.25, -0.2) is 0 Å². The third-order valence-electron chi connectivity index (χ3n) is 5.64. The predicted octanol–water partition coefficient (Wildman–Crippen LogP) is 5.89. The number of carbonyl (C=O) groups excluding carboxylic acids is 2. The lowest BCUT2D eigenvalue weighted by Gasteiger charge is -2.32. The van der Waals surface area contributed by atoms with Crippen molar-refractivity contribution >= 4 is 46.6 Å². The largest absolute Gasteiger partial charge is 0.484 e. The molecule has 0 aromatic heterocycles. The van der Waals surface area contributed by atoms with Crippen LogP contribution >= 0.6 is 34.8 Å². The monoisotopic (exact) mass is 496 g/mol. The molecule has 2 aromatic rings. The van der Waals surface area contributed by atoms with Gasteiger partial charge in [-0.3, -0.25) is 9.59 Å². The van der Waals surface area contributed by atoms with Crippen LogP contribution in [-0.4, -0.2) is 35.4 Å². The summed E-state index contributed by atoms with van der Waals surface area (Å²) in [5.74, 6) is -0.0295. The highest BCUT2D eigenvalue weighted by Gasteiger charge is 2.31. The first-order valence-electron chi connectivity index (χ1n) is 10.8. The molecule has 0 bridgehead atoms. The molecule has 1 saturated carbocycles. The van der Waals surface area contributed by atoms with E-state index in [4.69, 9.17) is 39.5 Å². The van der Waals surface area contributed by atoms with Crippen LogP contribution in [0.3, 0.4) is 0 Å². The standard InChI is InChI=1S/C24H27Cl3N2O3/c1-2-22(24(31)28-17-8-3-4-9-17)29(14-19-20(26)11-6-12-21(19)27)23(30)15-32-18-10-5-7-16(25)13-18/h5-7,10-13,17,22H,2-4,8-9,14-15H2,1H3,(H,28,31). The van der Waals surface area contributed by atoms with Crippen LogP contribution in [0.15, 0.2) is 42.5 Å².